The van der Waals surface area contributed by atoms with E-state index in [1.54, 1.807) is 12.1 Å². The third-order valence-electron chi connectivity index (χ3n) is 5.19. The van der Waals surface area contributed by atoms with Crippen molar-refractivity contribution in [1.82, 2.24) is 5.32 Å². The molecule has 0 saturated heterocycles. The molecule has 0 aromatic heterocycles. The van der Waals surface area contributed by atoms with Crippen LogP contribution in [0.4, 0.5) is 0 Å². The van der Waals surface area contributed by atoms with E-state index in [1.165, 1.54) is 18.3 Å². The van der Waals surface area contributed by atoms with Crippen molar-refractivity contribution in [2.75, 3.05) is 6.54 Å². The second-order valence-electron chi connectivity index (χ2n) is 7.04. The number of hydrogen-bond acceptors (Lipinski definition) is 7. The van der Waals surface area contributed by atoms with Gasteiger partial charge in [0.1, 0.15) is 11.9 Å². The summed E-state index contributed by atoms with van der Waals surface area (Å²) in [5.41, 5.74) is 4.30. The molecule has 0 bridgehead atoms. The molecule has 0 spiro atoms. The second-order valence-corrected chi connectivity index (χ2v) is 9.36. The molecule has 0 amide bonds. The Morgan fingerprint density at radius 2 is 1.61 bits per heavy atom. The number of carbonyl (C=O) groups is 2. The zero-order valence-electron chi connectivity index (χ0n) is 17.2. The fourth-order valence-corrected chi connectivity index (χ4v) is 5.52. The quantitative estimate of drug-likeness (QED) is 0.193. The van der Waals surface area contributed by atoms with Gasteiger partial charge in [0.05, 0.1) is 0 Å². The van der Waals surface area contributed by atoms with Crippen molar-refractivity contribution in [3.05, 3.63) is 53.7 Å². The third kappa shape index (κ3) is 5.74. The summed E-state index contributed by atoms with van der Waals surface area (Å²) in [4.78, 5) is 22.7. The molecule has 1 unspecified atom stereocenters. The van der Waals surface area contributed by atoms with Gasteiger partial charge in [0.2, 0.25) is 0 Å². The van der Waals surface area contributed by atoms with Crippen LogP contribution in [0.1, 0.15) is 28.3 Å². The number of carboxylic acid groups (broad SMARTS) is 2. The monoisotopic (exact) mass is 697 g/mol. The van der Waals surface area contributed by atoms with Crippen molar-refractivity contribution in [1.29, 1.82) is 0 Å². The first-order valence-corrected chi connectivity index (χ1v) is 11.0. The van der Waals surface area contributed by atoms with E-state index in [0.29, 0.717) is 6.42 Å². The van der Waals surface area contributed by atoms with Crippen LogP contribution in [-0.2, 0) is 22.4 Å². The molecule has 31 heavy (non-hydrogen) atoms. The standard InChI is InChI=1S/C20H17I2NO6.2K/c1-9-13(21)4-10(5-14(9)22)6-15-12-8-17-16(7-11(12)2-3-23-15)28-20(29-17,18(24)25)19(26)27;;/h4-5,7-8,15,23H,2-3,6H2,1H3,(H,24,25)(H,26,27);;/q;2*+1/p-2. The Morgan fingerprint density at radius 1 is 1.06 bits per heavy atom. The molecule has 11 heteroatoms. The van der Waals surface area contributed by atoms with Gasteiger partial charge in [-0.2, -0.15) is 0 Å². The summed E-state index contributed by atoms with van der Waals surface area (Å²) in [6.45, 7) is 2.83. The summed E-state index contributed by atoms with van der Waals surface area (Å²) in [5.74, 6) is -6.86. The molecule has 0 aliphatic carbocycles. The molecule has 0 saturated carbocycles. The SMILES string of the molecule is Cc1c(I)cc(CC2NCCc3cc4c(cc32)OC(C(=O)[O-])(C(=O)[O-])O4)cc1I.[K+].[K+]. The minimum absolute atomic E-state index is 0. The normalized spacial score (nSPS) is 17.7. The first-order valence-electron chi connectivity index (χ1n) is 8.87. The van der Waals surface area contributed by atoms with E-state index in [0.717, 1.165) is 24.1 Å². The number of ether oxygens (including phenoxy) is 2. The number of nitrogens with one attached hydrogen (secondary N) is 1. The van der Waals surface area contributed by atoms with Crippen LogP contribution in [0.5, 0.6) is 11.5 Å². The minimum Gasteiger partial charge on any atom is -0.542 e. The number of halogens is 2. The Labute approximate surface area is 291 Å². The van der Waals surface area contributed by atoms with Crippen molar-refractivity contribution in [2.45, 2.75) is 31.6 Å². The fraction of sp³-hybridized carbons (Fsp3) is 0.300. The van der Waals surface area contributed by atoms with Gasteiger partial charge in [0, 0.05) is 13.2 Å². The van der Waals surface area contributed by atoms with Crippen molar-refractivity contribution in [2.24, 2.45) is 0 Å². The smallest absolute Gasteiger partial charge is 0.542 e. The van der Waals surface area contributed by atoms with Crippen LogP contribution < -0.4 is 128 Å². The molecule has 2 aromatic carbocycles. The van der Waals surface area contributed by atoms with E-state index >= 15 is 0 Å². The number of fused-ring (bicyclic) bond motifs is 2. The maximum Gasteiger partial charge on any atom is 1.00 e. The van der Waals surface area contributed by atoms with E-state index in [4.69, 9.17) is 9.47 Å². The molecule has 0 fully saturated rings. The summed E-state index contributed by atoms with van der Waals surface area (Å²) >= 11 is 4.65. The van der Waals surface area contributed by atoms with Gasteiger partial charge in [-0.25, -0.2) is 0 Å². The molecule has 2 heterocycles. The number of carbonyl (C=O) groups excluding carboxylic acids is 2. The van der Waals surface area contributed by atoms with Gasteiger partial charge < -0.3 is 34.6 Å². The van der Waals surface area contributed by atoms with Gasteiger partial charge in [-0.3, -0.25) is 0 Å². The van der Waals surface area contributed by atoms with E-state index in [9.17, 15) is 19.8 Å². The number of rotatable bonds is 4. The van der Waals surface area contributed by atoms with Crippen LogP contribution in [-0.4, -0.2) is 24.3 Å². The zero-order chi connectivity index (χ0) is 20.9. The van der Waals surface area contributed by atoms with Crippen LogP contribution in [0, 0.1) is 14.1 Å². The molecule has 2 aliphatic rings. The topological polar surface area (TPSA) is 111 Å². The maximum absolute atomic E-state index is 11.4. The average Bonchev–Trinajstić information content (AvgIpc) is 3.05. The molecular formula is C20H15I2K2NO6. The Bertz CT molecular complexity index is 1010. The Balaban J connectivity index is 0.00000171. The summed E-state index contributed by atoms with van der Waals surface area (Å²) in [6.07, 6.45) is 1.43. The van der Waals surface area contributed by atoms with E-state index in [-0.39, 0.29) is 120 Å². The summed E-state index contributed by atoms with van der Waals surface area (Å²) in [7, 11) is 0. The molecule has 1 atom stereocenters. The van der Waals surface area contributed by atoms with Crippen LogP contribution in [0.2, 0.25) is 0 Å². The Kier molecular flexibility index (Phi) is 10.8. The van der Waals surface area contributed by atoms with Crippen LogP contribution in [0.15, 0.2) is 24.3 Å². The van der Waals surface area contributed by atoms with Crippen molar-refractivity contribution < 1.29 is 132 Å². The summed E-state index contributed by atoms with van der Waals surface area (Å²) in [5, 5.41) is 26.2. The molecule has 2 aliphatic heterocycles. The zero-order valence-corrected chi connectivity index (χ0v) is 27.8. The van der Waals surface area contributed by atoms with Crippen molar-refractivity contribution >= 4 is 57.1 Å². The van der Waals surface area contributed by atoms with Gasteiger partial charge in [0.15, 0.2) is 11.5 Å². The molecule has 0 radical (unpaired) electrons. The van der Waals surface area contributed by atoms with Gasteiger partial charge in [0.25, 0.3) is 0 Å². The fourth-order valence-electron chi connectivity index (χ4n) is 3.62. The first kappa shape index (κ1) is 28.9. The number of carboxylic acids is 2. The van der Waals surface area contributed by atoms with Gasteiger partial charge in [-0.05, 0) is 118 Å². The predicted molar refractivity (Wildman–Crippen MR) is 115 cm³/mol. The summed E-state index contributed by atoms with van der Waals surface area (Å²) in [6, 6.07) is 7.58. The molecule has 4 rings (SSSR count). The van der Waals surface area contributed by atoms with Crippen LogP contribution in [0.3, 0.4) is 0 Å². The van der Waals surface area contributed by atoms with Gasteiger partial charge in [-0.1, -0.05) is 0 Å². The third-order valence-corrected chi connectivity index (χ3v) is 7.43. The molecule has 2 aromatic rings. The van der Waals surface area contributed by atoms with Crippen LogP contribution in [0.25, 0.3) is 0 Å². The minimum atomic E-state index is -2.96. The summed E-state index contributed by atoms with van der Waals surface area (Å²) < 4.78 is 12.7. The predicted octanol–water partition coefficient (Wildman–Crippen LogP) is -5.39. The maximum atomic E-state index is 11.4. The number of hydrogen-bond donors (Lipinski definition) is 1. The molecular weight excluding hydrogens is 682 g/mol. The number of aliphatic carboxylic acids is 2. The largest absolute Gasteiger partial charge is 1.00 e. The van der Waals surface area contributed by atoms with E-state index in [1.807, 2.05) is 0 Å². The Hall–Kier alpha value is 1.67. The molecule has 152 valence electrons. The molecule has 7 nitrogen and oxygen atoms in total. The first-order chi connectivity index (χ1) is 13.7. The van der Waals surface area contributed by atoms with Crippen molar-refractivity contribution in [3.8, 4) is 11.5 Å². The van der Waals surface area contributed by atoms with E-state index < -0.39 is 17.7 Å². The number of benzene rings is 2. The molecule has 1 N–H and O–H groups in total. The second kappa shape index (κ2) is 11.6. The van der Waals surface area contributed by atoms with Crippen molar-refractivity contribution in [3.63, 3.8) is 0 Å². The van der Waals surface area contributed by atoms with Gasteiger partial charge in [-0.15, -0.1) is 0 Å². The van der Waals surface area contributed by atoms with E-state index in [2.05, 4.69) is 69.6 Å². The van der Waals surface area contributed by atoms with Crippen LogP contribution >= 0.6 is 45.2 Å². The average molecular weight is 697 g/mol. The Morgan fingerprint density at radius 3 is 2.16 bits per heavy atom. The van der Waals surface area contributed by atoms with Gasteiger partial charge >= 0.3 is 109 Å².